The maximum Gasteiger partial charge on any atom is 0.194 e. The van der Waals surface area contributed by atoms with Gasteiger partial charge in [-0.05, 0) is 31.9 Å². The van der Waals surface area contributed by atoms with E-state index in [2.05, 4.69) is 22.2 Å². The molecule has 3 rings (SSSR count). The average Bonchev–Trinajstić information content (AvgIpc) is 3.15. The molecule has 2 aromatic rings. The predicted octanol–water partition coefficient (Wildman–Crippen LogP) is 2.96. The van der Waals surface area contributed by atoms with E-state index in [1.54, 1.807) is 0 Å². The minimum absolute atomic E-state index is 0.461. The molecule has 1 heterocycles. The minimum Gasteiger partial charge on any atom is -0.388 e. The number of aromatic nitrogens is 2. The second kappa shape index (κ2) is 9.04. The first-order chi connectivity index (χ1) is 13.1. The lowest BCUT2D eigenvalue weighted by molar-refractivity contribution is 0.0130. The lowest BCUT2D eigenvalue weighted by Gasteiger charge is -2.31. The van der Waals surface area contributed by atoms with Crippen molar-refractivity contribution in [1.29, 1.82) is 0 Å². The maximum absolute atomic E-state index is 10.7. The molecule has 1 saturated carbocycles. The number of guanidine groups is 1. The summed E-state index contributed by atoms with van der Waals surface area (Å²) in [7, 11) is 2.02. The summed E-state index contributed by atoms with van der Waals surface area (Å²) in [4.78, 5) is 6.81. The second-order valence-corrected chi connectivity index (χ2v) is 7.44. The van der Waals surface area contributed by atoms with Crippen molar-refractivity contribution in [3.8, 4) is 5.69 Å². The molecule has 0 amide bonds. The Labute approximate surface area is 161 Å². The third-order valence-electron chi connectivity index (χ3n) is 5.08. The van der Waals surface area contributed by atoms with E-state index in [4.69, 9.17) is 4.99 Å². The van der Waals surface area contributed by atoms with Gasteiger partial charge in [-0.25, -0.2) is 4.68 Å². The van der Waals surface area contributed by atoms with E-state index in [0.717, 1.165) is 49.4 Å². The number of rotatable bonds is 6. The van der Waals surface area contributed by atoms with E-state index in [1.807, 2.05) is 54.5 Å². The molecule has 1 aliphatic carbocycles. The Kier molecular flexibility index (Phi) is 6.50. The van der Waals surface area contributed by atoms with E-state index in [-0.39, 0.29) is 0 Å². The Morgan fingerprint density at radius 1 is 1.26 bits per heavy atom. The predicted molar refractivity (Wildman–Crippen MR) is 109 cm³/mol. The van der Waals surface area contributed by atoms with Gasteiger partial charge in [0.05, 0.1) is 24.0 Å². The molecule has 0 spiro atoms. The van der Waals surface area contributed by atoms with Crippen LogP contribution in [0.4, 0.5) is 0 Å². The summed E-state index contributed by atoms with van der Waals surface area (Å²) in [5.74, 6) is 0.823. The molecule has 6 heteroatoms. The van der Waals surface area contributed by atoms with Gasteiger partial charge in [0.1, 0.15) is 0 Å². The van der Waals surface area contributed by atoms with Crippen LogP contribution >= 0.6 is 0 Å². The van der Waals surface area contributed by atoms with E-state index >= 15 is 0 Å². The zero-order chi connectivity index (χ0) is 19.1. The lowest BCUT2D eigenvalue weighted by Crippen LogP contribution is -2.41. The van der Waals surface area contributed by atoms with Crippen molar-refractivity contribution in [2.75, 3.05) is 20.1 Å². The van der Waals surface area contributed by atoms with Crippen LogP contribution in [0.1, 0.15) is 44.6 Å². The molecule has 1 aromatic heterocycles. The summed E-state index contributed by atoms with van der Waals surface area (Å²) in [6.07, 6.45) is 9.05. The molecule has 146 valence electrons. The Morgan fingerprint density at radius 3 is 2.70 bits per heavy atom. The summed E-state index contributed by atoms with van der Waals surface area (Å²) in [5.41, 5.74) is 1.52. The van der Waals surface area contributed by atoms with Gasteiger partial charge in [-0.15, -0.1) is 0 Å². The zero-order valence-corrected chi connectivity index (χ0v) is 16.4. The summed E-state index contributed by atoms with van der Waals surface area (Å²) in [6, 6.07) is 10.1. The quantitative estimate of drug-likeness (QED) is 0.607. The molecule has 1 fully saturated rings. The van der Waals surface area contributed by atoms with Crippen LogP contribution in [0.25, 0.3) is 5.69 Å². The number of hydrogen-bond donors (Lipinski definition) is 2. The second-order valence-electron chi connectivity index (χ2n) is 7.44. The van der Waals surface area contributed by atoms with Crippen LogP contribution in [0.2, 0.25) is 0 Å². The third-order valence-corrected chi connectivity index (χ3v) is 5.08. The van der Waals surface area contributed by atoms with E-state index < -0.39 is 5.60 Å². The van der Waals surface area contributed by atoms with Crippen molar-refractivity contribution < 1.29 is 5.11 Å². The maximum atomic E-state index is 10.7. The molecule has 0 unspecified atom stereocenters. The average molecular weight is 370 g/mol. The van der Waals surface area contributed by atoms with Crippen molar-refractivity contribution in [2.45, 2.75) is 51.2 Å². The van der Waals surface area contributed by atoms with Gasteiger partial charge in [-0.2, -0.15) is 5.10 Å². The number of benzene rings is 1. The van der Waals surface area contributed by atoms with Crippen molar-refractivity contribution in [1.82, 2.24) is 20.0 Å². The first-order valence-electron chi connectivity index (χ1n) is 9.90. The highest BCUT2D eigenvalue weighted by Gasteiger charge is 2.29. The van der Waals surface area contributed by atoms with Gasteiger partial charge in [0, 0.05) is 31.9 Å². The van der Waals surface area contributed by atoms with Crippen LogP contribution in [0.3, 0.4) is 0 Å². The molecule has 0 atom stereocenters. The molecule has 1 aliphatic rings. The molecule has 1 aromatic carbocycles. The number of nitrogens with zero attached hydrogens (tertiary/aromatic N) is 4. The minimum atomic E-state index is -0.641. The summed E-state index contributed by atoms with van der Waals surface area (Å²) >= 11 is 0. The zero-order valence-electron chi connectivity index (χ0n) is 16.4. The molecule has 2 N–H and O–H groups in total. The molecule has 0 radical (unpaired) electrons. The number of nitrogens with one attached hydrogen (secondary N) is 1. The van der Waals surface area contributed by atoms with Gasteiger partial charge >= 0.3 is 0 Å². The third kappa shape index (κ3) is 5.32. The Hall–Kier alpha value is -2.34. The van der Waals surface area contributed by atoms with Crippen LogP contribution in [0, 0.1) is 0 Å². The van der Waals surface area contributed by atoms with E-state index in [1.165, 1.54) is 6.42 Å². The fourth-order valence-electron chi connectivity index (χ4n) is 3.57. The molecular weight excluding hydrogens is 338 g/mol. The first kappa shape index (κ1) is 19.4. The van der Waals surface area contributed by atoms with Crippen LogP contribution < -0.4 is 5.32 Å². The standard InChI is InChI=1S/C21H31N5O/c1-3-22-20(23-17-21(27)12-8-5-9-13-21)25(2)15-18-14-24-26(16-18)19-10-6-4-7-11-19/h4,6-7,10-11,14,16,27H,3,5,8-9,12-13,15,17H2,1-2H3,(H,22,23). The SMILES string of the molecule is CCNC(=NCC1(O)CCCCC1)N(C)Cc1cnn(-c2ccccc2)c1. The van der Waals surface area contributed by atoms with Gasteiger partial charge < -0.3 is 15.3 Å². The van der Waals surface area contributed by atoms with Crippen LogP contribution in [-0.2, 0) is 6.54 Å². The molecule has 27 heavy (non-hydrogen) atoms. The van der Waals surface area contributed by atoms with Crippen LogP contribution in [0.15, 0.2) is 47.7 Å². The molecule has 0 bridgehead atoms. The van der Waals surface area contributed by atoms with Crippen LogP contribution in [0.5, 0.6) is 0 Å². The summed E-state index contributed by atoms with van der Waals surface area (Å²) in [5, 5.41) is 18.5. The van der Waals surface area contributed by atoms with Crippen LogP contribution in [-0.4, -0.2) is 51.5 Å². The number of hydrogen-bond acceptors (Lipinski definition) is 3. The highest BCUT2D eigenvalue weighted by atomic mass is 16.3. The van der Waals surface area contributed by atoms with Gasteiger partial charge in [0.25, 0.3) is 0 Å². The van der Waals surface area contributed by atoms with Crippen molar-refractivity contribution in [2.24, 2.45) is 4.99 Å². The van der Waals surface area contributed by atoms with Gasteiger partial charge in [-0.3, -0.25) is 4.99 Å². The van der Waals surface area contributed by atoms with Gasteiger partial charge in [0.15, 0.2) is 5.96 Å². The fourth-order valence-corrected chi connectivity index (χ4v) is 3.57. The van der Waals surface area contributed by atoms with E-state index in [9.17, 15) is 5.11 Å². The van der Waals surface area contributed by atoms with Crippen molar-refractivity contribution >= 4 is 5.96 Å². The summed E-state index contributed by atoms with van der Waals surface area (Å²) in [6.45, 7) is 4.02. The smallest absolute Gasteiger partial charge is 0.194 e. The van der Waals surface area contributed by atoms with Crippen molar-refractivity contribution in [3.63, 3.8) is 0 Å². The first-order valence-corrected chi connectivity index (χ1v) is 9.90. The fraction of sp³-hybridized carbons (Fsp3) is 0.524. The Balaban J connectivity index is 1.65. The number of aliphatic imine (C=N–C) groups is 1. The highest BCUT2D eigenvalue weighted by molar-refractivity contribution is 5.79. The molecule has 0 aliphatic heterocycles. The Bertz CT molecular complexity index is 734. The monoisotopic (exact) mass is 369 g/mol. The largest absolute Gasteiger partial charge is 0.388 e. The normalized spacial score (nSPS) is 16.9. The topological polar surface area (TPSA) is 65.7 Å². The molecule has 0 saturated heterocycles. The van der Waals surface area contributed by atoms with Gasteiger partial charge in [0.2, 0.25) is 0 Å². The highest BCUT2D eigenvalue weighted by Crippen LogP contribution is 2.28. The van der Waals surface area contributed by atoms with E-state index in [0.29, 0.717) is 13.1 Å². The molecule has 6 nitrogen and oxygen atoms in total. The number of para-hydroxylation sites is 1. The lowest BCUT2D eigenvalue weighted by atomic mass is 9.85. The number of aliphatic hydroxyl groups is 1. The summed E-state index contributed by atoms with van der Waals surface area (Å²) < 4.78 is 1.89. The van der Waals surface area contributed by atoms with Crippen molar-refractivity contribution in [3.05, 3.63) is 48.3 Å². The van der Waals surface area contributed by atoms with Gasteiger partial charge in [-0.1, -0.05) is 37.5 Å². The Morgan fingerprint density at radius 2 is 2.00 bits per heavy atom. The molecular formula is C21H31N5O.